The molecule has 0 saturated carbocycles. The van der Waals surface area contributed by atoms with Crippen LogP contribution in [-0.4, -0.2) is 21.5 Å². The van der Waals surface area contributed by atoms with Crippen LogP contribution >= 0.6 is 0 Å². The van der Waals surface area contributed by atoms with Crippen LogP contribution in [-0.2, 0) is 20.3 Å². The van der Waals surface area contributed by atoms with E-state index < -0.39 is 10.8 Å². The second-order valence-electron chi connectivity index (χ2n) is 4.37. The Morgan fingerprint density at radius 3 is 2.50 bits per heavy atom. The molecule has 0 aliphatic rings. The summed E-state index contributed by atoms with van der Waals surface area (Å²) in [7, 11) is -1.22. The first-order valence-corrected chi connectivity index (χ1v) is 7.84. The largest absolute Gasteiger partial charge is 0.462 e. The molecule has 0 N–H and O–H groups in total. The normalized spacial score (nSPS) is 14.6. The Morgan fingerprint density at radius 1 is 1.35 bits per heavy atom. The molecule has 0 radical (unpaired) electrons. The summed E-state index contributed by atoms with van der Waals surface area (Å²) in [6, 6.07) is 9.25. The number of hydrogen-bond donors (Lipinski definition) is 0. The Kier molecular flexibility index (Phi) is 7.03. The van der Waals surface area contributed by atoms with Gasteiger partial charge in [0.05, 0.1) is 10.8 Å². The number of hydrogen-bond acceptors (Lipinski definition) is 3. The summed E-state index contributed by atoms with van der Waals surface area (Å²) >= 11 is 0. The van der Waals surface area contributed by atoms with Crippen LogP contribution in [0, 0.1) is 11.8 Å². The van der Waals surface area contributed by atoms with Crippen LogP contribution in [0.2, 0.25) is 0 Å². The van der Waals surface area contributed by atoms with Crippen molar-refractivity contribution in [1.82, 2.24) is 0 Å². The lowest BCUT2D eigenvalue weighted by atomic mass is 10.1. The molecular weight excluding hydrogens is 272 g/mol. The number of benzene rings is 1. The van der Waals surface area contributed by atoms with Gasteiger partial charge in [-0.3, -0.25) is 9.00 Å². The maximum atomic E-state index is 12.5. The van der Waals surface area contributed by atoms with E-state index in [9.17, 15) is 9.00 Å². The molecular formula is C16H20O3S. The summed E-state index contributed by atoms with van der Waals surface area (Å²) in [5.41, 5.74) is 0. The van der Waals surface area contributed by atoms with Gasteiger partial charge >= 0.3 is 5.97 Å². The minimum absolute atomic E-state index is 0.244. The summed E-state index contributed by atoms with van der Waals surface area (Å²) < 4.78 is 17.8. The zero-order valence-electron chi connectivity index (χ0n) is 12.1. The minimum atomic E-state index is -1.22. The topological polar surface area (TPSA) is 43.4 Å². The van der Waals surface area contributed by atoms with Gasteiger partial charge in [0.2, 0.25) is 0 Å². The van der Waals surface area contributed by atoms with Gasteiger partial charge in [-0.2, -0.15) is 0 Å². The Balaban J connectivity index is 2.85. The molecule has 1 rings (SSSR count). The van der Waals surface area contributed by atoms with E-state index in [0.717, 1.165) is 4.90 Å². The predicted octanol–water partition coefficient (Wildman–Crippen LogP) is 2.92. The van der Waals surface area contributed by atoms with Crippen molar-refractivity contribution in [2.24, 2.45) is 0 Å². The van der Waals surface area contributed by atoms with Crippen molar-refractivity contribution in [2.45, 2.75) is 49.9 Å². The fourth-order valence-electron chi connectivity index (χ4n) is 1.85. The number of esters is 1. The Morgan fingerprint density at radius 2 is 2.00 bits per heavy atom. The maximum Gasteiger partial charge on any atom is 0.302 e. The van der Waals surface area contributed by atoms with Gasteiger partial charge in [0.1, 0.15) is 11.4 Å². The third-order valence-corrected chi connectivity index (χ3v) is 4.37. The maximum absolute atomic E-state index is 12.5. The van der Waals surface area contributed by atoms with Gasteiger partial charge in [0, 0.05) is 18.2 Å². The van der Waals surface area contributed by atoms with Gasteiger partial charge < -0.3 is 4.74 Å². The quantitative estimate of drug-likeness (QED) is 0.598. The highest BCUT2D eigenvalue weighted by Crippen LogP contribution is 2.17. The molecule has 0 heterocycles. The third-order valence-electron chi connectivity index (χ3n) is 2.80. The molecule has 0 aliphatic carbocycles. The second kappa shape index (κ2) is 8.55. The predicted molar refractivity (Wildman–Crippen MR) is 80.6 cm³/mol. The van der Waals surface area contributed by atoms with Gasteiger partial charge in [-0.15, -0.1) is 5.92 Å². The highest BCUT2D eigenvalue weighted by molar-refractivity contribution is 7.86. The number of carbonyl (C=O) groups excluding carboxylic acids is 1. The molecule has 108 valence electrons. The lowest BCUT2D eigenvalue weighted by Gasteiger charge is -2.18. The van der Waals surface area contributed by atoms with Crippen molar-refractivity contribution in [2.75, 3.05) is 0 Å². The van der Waals surface area contributed by atoms with E-state index in [0.29, 0.717) is 12.8 Å². The average Bonchev–Trinajstić information content (AvgIpc) is 2.45. The molecule has 4 heteroatoms. The highest BCUT2D eigenvalue weighted by atomic mass is 32.2. The van der Waals surface area contributed by atoms with Crippen LogP contribution in [0.25, 0.3) is 0 Å². The van der Waals surface area contributed by atoms with Crippen LogP contribution in [0.1, 0.15) is 33.6 Å². The third kappa shape index (κ3) is 5.18. The zero-order chi connectivity index (χ0) is 15.0. The molecule has 0 bridgehead atoms. The Labute approximate surface area is 123 Å². The van der Waals surface area contributed by atoms with Crippen molar-refractivity contribution in [3.8, 4) is 11.8 Å². The average molecular weight is 292 g/mol. The van der Waals surface area contributed by atoms with Crippen LogP contribution in [0.15, 0.2) is 35.2 Å². The minimum Gasteiger partial charge on any atom is -0.462 e. The first kappa shape index (κ1) is 16.5. The van der Waals surface area contributed by atoms with Crippen molar-refractivity contribution in [3.63, 3.8) is 0 Å². The number of ether oxygens (including phenoxy) is 1. The monoisotopic (exact) mass is 292 g/mol. The smallest absolute Gasteiger partial charge is 0.302 e. The second-order valence-corrected chi connectivity index (χ2v) is 6.00. The van der Waals surface area contributed by atoms with E-state index in [1.54, 1.807) is 6.92 Å². The summed E-state index contributed by atoms with van der Waals surface area (Å²) in [5, 5.41) is -0.327. The van der Waals surface area contributed by atoms with E-state index >= 15 is 0 Å². The van der Waals surface area contributed by atoms with Crippen LogP contribution < -0.4 is 0 Å². The van der Waals surface area contributed by atoms with Gasteiger partial charge in [-0.05, 0) is 25.5 Å². The van der Waals surface area contributed by atoms with E-state index in [1.807, 2.05) is 37.3 Å². The van der Waals surface area contributed by atoms with Crippen LogP contribution in [0.3, 0.4) is 0 Å². The summed E-state index contributed by atoms with van der Waals surface area (Å²) in [5.74, 6) is 5.48. The van der Waals surface area contributed by atoms with Gasteiger partial charge in [-0.25, -0.2) is 0 Å². The van der Waals surface area contributed by atoms with E-state index in [4.69, 9.17) is 4.74 Å². The van der Waals surface area contributed by atoms with E-state index in [2.05, 4.69) is 11.8 Å². The zero-order valence-corrected chi connectivity index (χ0v) is 12.9. The Bertz CT molecular complexity index is 514. The molecule has 20 heavy (non-hydrogen) atoms. The summed E-state index contributed by atoms with van der Waals surface area (Å²) in [6.07, 6.45) is 0.928. The van der Waals surface area contributed by atoms with Gasteiger partial charge in [-0.1, -0.05) is 31.0 Å². The van der Waals surface area contributed by atoms with Crippen LogP contribution in [0.4, 0.5) is 0 Å². The molecule has 0 amide bonds. The SMILES string of the molecule is CC#CC(CC(CC)OC(C)=O)S(=O)c1ccccc1. The summed E-state index contributed by atoms with van der Waals surface area (Å²) in [4.78, 5) is 11.8. The molecule has 0 spiro atoms. The van der Waals surface area contributed by atoms with Crippen molar-refractivity contribution < 1.29 is 13.7 Å². The fraction of sp³-hybridized carbons (Fsp3) is 0.438. The molecule has 3 nitrogen and oxygen atoms in total. The van der Waals surface area contributed by atoms with Gasteiger partial charge in [0.15, 0.2) is 0 Å². The molecule has 1 aromatic carbocycles. The van der Waals surface area contributed by atoms with Crippen molar-refractivity contribution in [3.05, 3.63) is 30.3 Å². The number of carbonyl (C=O) groups is 1. The lowest BCUT2D eigenvalue weighted by molar-refractivity contribution is -0.146. The molecule has 0 aromatic heterocycles. The first-order valence-electron chi connectivity index (χ1n) is 6.63. The molecule has 3 atom stereocenters. The van der Waals surface area contributed by atoms with E-state index in [-0.39, 0.29) is 17.3 Å². The molecule has 0 aliphatic heterocycles. The van der Waals surface area contributed by atoms with Crippen molar-refractivity contribution in [1.29, 1.82) is 0 Å². The van der Waals surface area contributed by atoms with Crippen molar-refractivity contribution >= 4 is 16.8 Å². The molecule has 0 fully saturated rings. The van der Waals surface area contributed by atoms with Gasteiger partial charge in [0.25, 0.3) is 0 Å². The van der Waals surface area contributed by atoms with E-state index in [1.165, 1.54) is 6.92 Å². The number of rotatable bonds is 6. The highest BCUT2D eigenvalue weighted by Gasteiger charge is 2.22. The molecule has 0 saturated heterocycles. The molecule has 3 unspecified atom stereocenters. The fourth-order valence-corrected chi connectivity index (χ4v) is 3.22. The first-order chi connectivity index (χ1) is 9.58. The summed E-state index contributed by atoms with van der Waals surface area (Å²) in [6.45, 7) is 5.05. The Hall–Kier alpha value is -1.60. The molecule has 1 aromatic rings. The van der Waals surface area contributed by atoms with Crippen LogP contribution in [0.5, 0.6) is 0 Å². The standard InChI is InChI=1S/C16H20O3S/c1-4-9-16(12-14(5-2)19-13(3)17)20(18)15-10-7-6-8-11-15/h6-8,10-11,14,16H,5,12H2,1-3H3. The lowest BCUT2D eigenvalue weighted by Crippen LogP contribution is -2.24.